The van der Waals surface area contributed by atoms with Crippen LogP contribution in [0.5, 0.6) is 5.75 Å². The number of carbonyl (C=O) groups is 2. The zero-order valence-corrected chi connectivity index (χ0v) is 28.0. The van der Waals surface area contributed by atoms with Gasteiger partial charge in [-0.15, -0.1) is 0 Å². The highest BCUT2D eigenvalue weighted by Crippen LogP contribution is 2.49. The van der Waals surface area contributed by atoms with Gasteiger partial charge in [0, 0.05) is 49.8 Å². The number of ether oxygens (including phenoxy) is 1. The summed E-state index contributed by atoms with van der Waals surface area (Å²) in [6, 6.07) is 9.50. The van der Waals surface area contributed by atoms with Crippen molar-refractivity contribution in [3.05, 3.63) is 79.9 Å². The topological polar surface area (TPSA) is 113 Å². The molecule has 2 aliphatic carbocycles. The zero-order chi connectivity index (χ0) is 32.5. The molecule has 9 nitrogen and oxygen atoms in total. The Balaban J connectivity index is 1.13. The number of amides is 2. The van der Waals surface area contributed by atoms with Crippen LogP contribution in [0.2, 0.25) is 0 Å². The van der Waals surface area contributed by atoms with Crippen molar-refractivity contribution in [2.75, 3.05) is 18.0 Å². The summed E-state index contributed by atoms with van der Waals surface area (Å²) in [5.74, 6) is 0.480. The molecule has 250 valence electrons. The van der Waals surface area contributed by atoms with Gasteiger partial charge in [0.25, 0.3) is 11.5 Å². The van der Waals surface area contributed by atoms with Gasteiger partial charge in [-0.3, -0.25) is 14.4 Å². The number of carbonyl (C=O) groups excluding carboxylic acids is 2. The number of aliphatic hydroxyl groups excluding tert-OH is 1. The second kappa shape index (κ2) is 13.6. The van der Waals surface area contributed by atoms with Crippen LogP contribution in [0.25, 0.3) is 0 Å². The van der Waals surface area contributed by atoms with Crippen LogP contribution < -0.4 is 25.8 Å². The van der Waals surface area contributed by atoms with Crippen LogP contribution >= 0.6 is 11.3 Å². The molecule has 2 aliphatic heterocycles. The quantitative estimate of drug-likeness (QED) is 0.253. The first-order chi connectivity index (χ1) is 22.8. The van der Waals surface area contributed by atoms with Gasteiger partial charge in [-0.2, -0.15) is 11.3 Å². The Morgan fingerprint density at radius 1 is 1.11 bits per heavy atom. The minimum atomic E-state index is -0.878. The second-order valence-corrected chi connectivity index (χ2v) is 14.7. The molecule has 0 unspecified atom stereocenters. The lowest BCUT2D eigenvalue weighted by Gasteiger charge is -2.48. The Hall–Kier alpha value is -3.47. The van der Waals surface area contributed by atoms with Crippen LogP contribution in [0.1, 0.15) is 110 Å². The van der Waals surface area contributed by atoms with Crippen LogP contribution in [0.4, 0.5) is 5.69 Å². The predicted molar refractivity (Wildman–Crippen MR) is 183 cm³/mol. The number of pyridine rings is 1. The lowest BCUT2D eigenvalue weighted by Crippen LogP contribution is -2.52. The van der Waals surface area contributed by atoms with Gasteiger partial charge >= 0.3 is 0 Å². The molecule has 3 aromatic rings. The fraction of sp³-hybridized carbons (Fsp3) is 0.541. The number of aromatic nitrogens is 1. The normalized spacial score (nSPS) is 21.7. The van der Waals surface area contributed by atoms with Gasteiger partial charge in [0.2, 0.25) is 5.91 Å². The maximum absolute atomic E-state index is 14.0. The average molecular weight is 659 g/mol. The first kappa shape index (κ1) is 32.1. The maximum atomic E-state index is 14.0. The van der Waals surface area contributed by atoms with Crippen LogP contribution in [0.15, 0.2) is 52.1 Å². The molecular formula is C37H46N4O5S. The monoisotopic (exact) mass is 658 g/mol. The molecule has 3 fully saturated rings. The predicted octanol–water partition coefficient (Wildman–Crippen LogP) is 5.45. The maximum Gasteiger partial charge on any atom is 0.274 e. The van der Waals surface area contributed by atoms with Crippen molar-refractivity contribution in [3.8, 4) is 5.75 Å². The Bertz CT molecular complexity index is 1660. The fourth-order valence-electron chi connectivity index (χ4n) is 7.86. The molecule has 1 spiro atoms. The number of thiophene rings is 1. The Morgan fingerprint density at radius 2 is 1.94 bits per heavy atom. The van der Waals surface area contributed by atoms with Gasteiger partial charge < -0.3 is 29.9 Å². The van der Waals surface area contributed by atoms with Crippen molar-refractivity contribution in [2.45, 2.75) is 114 Å². The van der Waals surface area contributed by atoms with E-state index in [-0.39, 0.29) is 40.7 Å². The van der Waals surface area contributed by atoms with Crippen LogP contribution in [-0.2, 0) is 17.6 Å². The molecule has 0 bridgehead atoms. The van der Waals surface area contributed by atoms with E-state index < -0.39 is 12.1 Å². The summed E-state index contributed by atoms with van der Waals surface area (Å²) in [7, 11) is 0. The van der Waals surface area contributed by atoms with Crippen LogP contribution in [0.3, 0.4) is 0 Å². The Kier molecular flexibility index (Phi) is 9.26. The molecule has 1 aromatic carbocycles. The second-order valence-electron chi connectivity index (χ2n) is 13.9. The van der Waals surface area contributed by atoms with Crippen molar-refractivity contribution in [1.82, 2.24) is 15.2 Å². The molecule has 2 aromatic heterocycles. The number of nitrogens with one attached hydrogen (secondary N) is 2. The summed E-state index contributed by atoms with van der Waals surface area (Å²) >= 11 is 1.58. The fourth-order valence-corrected chi connectivity index (χ4v) is 8.55. The summed E-state index contributed by atoms with van der Waals surface area (Å²) in [5, 5.41) is 22.5. The van der Waals surface area contributed by atoms with Crippen LogP contribution in [-0.4, -0.2) is 52.3 Å². The van der Waals surface area contributed by atoms with Gasteiger partial charge in [-0.25, -0.2) is 0 Å². The minimum absolute atomic E-state index is 0.0117. The van der Waals surface area contributed by atoms with E-state index in [1.54, 1.807) is 28.2 Å². The average Bonchev–Trinajstić information content (AvgIpc) is 3.86. The number of nitrogens with zero attached hydrogens (tertiary/aromatic N) is 2. The third kappa shape index (κ3) is 6.65. The third-order valence-corrected chi connectivity index (χ3v) is 11.5. The molecule has 2 saturated carbocycles. The number of rotatable bonds is 11. The number of fused-ring (bicyclic) bond motifs is 1. The summed E-state index contributed by atoms with van der Waals surface area (Å²) < 4.78 is 8.19. The molecule has 10 heteroatoms. The largest absolute Gasteiger partial charge is 0.487 e. The molecule has 1 saturated heterocycles. The van der Waals surface area contributed by atoms with E-state index in [4.69, 9.17) is 4.74 Å². The first-order valence-corrected chi connectivity index (χ1v) is 18.4. The number of aryl methyl sites for hydroxylation is 1. The van der Waals surface area contributed by atoms with Crippen molar-refractivity contribution < 1.29 is 19.4 Å². The molecule has 3 N–H and O–H groups in total. The number of hydrogen-bond acceptors (Lipinski definition) is 7. The number of aliphatic hydroxyl groups is 1. The minimum Gasteiger partial charge on any atom is -0.487 e. The van der Waals surface area contributed by atoms with E-state index in [9.17, 15) is 19.5 Å². The SMILES string of the molecule is CCc1ccc2c(c1)[C@@H](NC[C@@H](O)[C@H](Cc1ccsc1)NC(=O)c1cc(N3CCCC3=O)c(=O)n(C3CCCC3)c1)CC1(CCC1)O2. The van der Waals surface area contributed by atoms with Crippen LogP contribution in [0, 0.1) is 0 Å². The zero-order valence-electron chi connectivity index (χ0n) is 27.2. The van der Waals surface area contributed by atoms with E-state index in [0.29, 0.717) is 37.9 Å². The lowest BCUT2D eigenvalue weighted by molar-refractivity contribution is -0.117. The van der Waals surface area contributed by atoms with Gasteiger partial charge in [0.05, 0.1) is 17.7 Å². The molecule has 0 radical (unpaired) electrons. The molecule has 4 heterocycles. The van der Waals surface area contributed by atoms with Gasteiger partial charge in [0.15, 0.2) is 0 Å². The van der Waals surface area contributed by atoms with Gasteiger partial charge in [0.1, 0.15) is 17.0 Å². The highest BCUT2D eigenvalue weighted by atomic mass is 32.1. The van der Waals surface area contributed by atoms with E-state index >= 15 is 0 Å². The molecule has 4 aliphatic rings. The molecule has 7 rings (SSSR count). The van der Waals surface area contributed by atoms with Gasteiger partial charge in [-0.1, -0.05) is 31.9 Å². The molecule has 2 amide bonds. The highest BCUT2D eigenvalue weighted by Gasteiger charge is 2.45. The standard InChI is InChI=1S/C37H46N4O5S/c1-2-24-10-11-33-28(17-24)30(20-37(46-33)13-6-14-37)38-21-32(42)29(18-25-12-16-47-23-25)39-35(44)26-19-31(40-15-5-9-34(40)43)36(45)41(22-26)27-7-3-4-8-27/h10-12,16-17,19,22-23,27,29-30,32,38,42H,2-9,13-15,18,20-21H2,1H3,(H,39,44)/t29-,30-,32+/m0/s1. The Labute approximate surface area is 280 Å². The summed E-state index contributed by atoms with van der Waals surface area (Å²) in [6.07, 6.45) is 11.2. The lowest BCUT2D eigenvalue weighted by atomic mass is 9.72. The summed E-state index contributed by atoms with van der Waals surface area (Å²) in [5.41, 5.74) is 3.67. The number of hydrogen-bond donors (Lipinski definition) is 3. The van der Waals surface area contributed by atoms with Crippen molar-refractivity contribution in [2.24, 2.45) is 0 Å². The number of anilines is 1. The van der Waals surface area contributed by atoms with E-state index in [1.807, 2.05) is 16.8 Å². The Morgan fingerprint density at radius 3 is 2.62 bits per heavy atom. The highest BCUT2D eigenvalue weighted by molar-refractivity contribution is 7.07. The summed E-state index contributed by atoms with van der Waals surface area (Å²) in [4.78, 5) is 41.9. The summed E-state index contributed by atoms with van der Waals surface area (Å²) in [6.45, 7) is 2.92. The van der Waals surface area contributed by atoms with E-state index in [1.165, 1.54) is 10.5 Å². The van der Waals surface area contributed by atoms with Crippen molar-refractivity contribution in [3.63, 3.8) is 0 Å². The molecule has 47 heavy (non-hydrogen) atoms. The molecule has 3 atom stereocenters. The van der Waals surface area contributed by atoms with E-state index in [2.05, 4.69) is 35.8 Å². The smallest absolute Gasteiger partial charge is 0.274 e. The van der Waals surface area contributed by atoms with Crippen molar-refractivity contribution in [1.29, 1.82) is 0 Å². The number of benzene rings is 1. The first-order valence-electron chi connectivity index (χ1n) is 17.4. The third-order valence-electron chi connectivity index (χ3n) is 10.8. The molecular weight excluding hydrogens is 612 g/mol. The van der Waals surface area contributed by atoms with Crippen molar-refractivity contribution >= 4 is 28.8 Å². The van der Waals surface area contributed by atoms with E-state index in [0.717, 1.165) is 74.7 Å². The van der Waals surface area contributed by atoms with Gasteiger partial charge in [-0.05, 0) is 91.5 Å².